The lowest BCUT2D eigenvalue weighted by molar-refractivity contribution is -0.132. The van der Waals surface area contributed by atoms with Crippen molar-refractivity contribution in [3.63, 3.8) is 0 Å². The molecule has 0 aliphatic carbocycles. The summed E-state index contributed by atoms with van der Waals surface area (Å²) in [5.74, 6) is -0.820. The molecule has 0 fully saturated rings. The lowest BCUT2D eigenvalue weighted by Gasteiger charge is -2.15. The summed E-state index contributed by atoms with van der Waals surface area (Å²) in [6, 6.07) is 16.2. The van der Waals surface area contributed by atoms with E-state index in [9.17, 15) is 14.4 Å². The molecule has 0 aliphatic rings. The van der Waals surface area contributed by atoms with Gasteiger partial charge in [0.05, 0.1) is 13.0 Å². The summed E-state index contributed by atoms with van der Waals surface area (Å²) in [6.45, 7) is 1.32. The third-order valence-corrected chi connectivity index (χ3v) is 3.95. The quantitative estimate of drug-likeness (QED) is 0.579. The molecule has 2 rings (SSSR count). The van der Waals surface area contributed by atoms with E-state index in [4.69, 9.17) is 4.74 Å². The minimum absolute atomic E-state index is 0.179. The normalized spacial score (nSPS) is 11.2. The number of hydrogen-bond acceptors (Lipinski definition) is 4. The van der Waals surface area contributed by atoms with Crippen molar-refractivity contribution in [3.05, 3.63) is 64.6 Å². The molecule has 0 heterocycles. The molecule has 8 heteroatoms. The second-order valence-corrected chi connectivity index (χ2v) is 6.61. The van der Waals surface area contributed by atoms with Gasteiger partial charge >= 0.3 is 0 Å². The average Bonchev–Trinajstić information content (AvgIpc) is 2.65. The van der Waals surface area contributed by atoms with E-state index >= 15 is 0 Å². The summed E-state index contributed by atoms with van der Waals surface area (Å²) in [4.78, 5) is 35.5. The fraction of sp³-hybridized carbons (Fsp3) is 0.211. The molecule has 2 aromatic rings. The third kappa shape index (κ3) is 7.49. The van der Waals surface area contributed by atoms with Gasteiger partial charge in [-0.2, -0.15) is 0 Å². The van der Waals surface area contributed by atoms with Crippen LogP contribution < -0.4 is 20.9 Å². The first-order chi connectivity index (χ1) is 12.9. The van der Waals surface area contributed by atoms with Crippen molar-refractivity contribution in [1.29, 1.82) is 0 Å². The van der Waals surface area contributed by atoms with Crippen LogP contribution in [0.5, 0.6) is 5.75 Å². The number of hydrazine groups is 1. The second-order valence-electron chi connectivity index (χ2n) is 5.69. The van der Waals surface area contributed by atoms with Crippen LogP contribution in [-0.2, 0) is 20.8 Å². The molecular weight excluding hydrogens is 414 g/mol. The van der Waals surface area contributed by atoms with Crippen LogP contribution in [0.1, 0.15) is 12.5 Å². The summed E-state index contributed by atoms with van der Waals surface area (Å²) in [6.07, 6.45) is -0.634. The monoisotopic (exact) mass is 433 g/mol. The molecule has 7 nitrogen and oxygen atoms in total. The van der Waals surface area contributed by atoms with E-state index in [1.807, 2.05) is 36.4 Å². The first kappa shape index (κ1) is 20.4. The van der Waals surface area contributed by atoms with E-state index in [1.54, 1.807) is 25.1 Å². The zero-order valence-electron chi connectivity index (χ0n) is 14.7. The molecule has 3 N–H and O–H groups in total. The number of amides is 3. The van der Waals surface area contributed by atoms with Gasteiger partial charge in [-0.15, -0.1) is 0 Å². The lowest BCUT2D eigenvalue weighted by Crippen LogP contribution is -2.50. The van der Waals surface area contributed by atoms with Gasteiger partial charge in [-0.25, -0.2) is 0 Å². The van der Waals surface area contributed by atoms with Gasteiger partial charge in [-0.3, -0.25) is 25.2 Å². The van der Waals surface area contributed by atoms with Crippen molar-refractivity contribution in [2.24, 2.45) is 0 Å². The fourth-order valence-electron chi connectivity index (χ4n) is 2.10. The summed E-state index contributed by atoms with van der Waals surface area (Å²) in [7, 11) is 0. The predicted molar refractivity (Wildman–Crippen MR) is 104 cm³/mol. The molecule has 1 unspecified atom stereocenters. The van der Waals surface area contributed by atoms with E-state index in [0.717, 1.165) is 10.0 Å². The lowest BCUT2D eigenvalue weighted by atomic mass is 10.1. The van der Waals surface area contributed by atoms with Gasteiger partial charge in [0.1, 0.15) is 5.75 Å². The summed E-state index contributed by atoms with van der Waals surface area (Å²) >= 11 is 3.32. The highest BCUT2D eigenvalue weighted by Crippen LogP contribution is 2.18. The van der Waals surface area contributed by atoms with Crippen molar-refractivity contribution in [2.75, 3.05) is 6.54 Å². The molecule has 3 amide bonds. The molecule has 0 spiro atoms. The molecule has 0 saturated heterocycles. The van der Waals surface area contributed by atoms with E-state index < -0.39 is 17.9 Å². The second kappa shape index (κ2) is 10.3. The minimum atomic E-state index is -0.813. The van der Waals surface area contributed by atoms with Crippen molar-refractivity contribution in [3.8, 4) is 5.75 Å². The maximum atomic E-state index is 12.0. The molecule has 0 aliphatic heterocycles. The zero-order valence-corrected chi connectivity index (χ0v) is 16.3. The smallest absolute Gasteiger partial charge is 0.279 e. The molecule has 0 bridgehead atoms. The standard InChI is InChI=1S/C19H20BrN3O4/c1-13(27-16-9-5-8-15(20)11-16)19(26)23-22-18(25)12-21-17(24)10-14-6-3-2-4-7-14/h2-9,11,13H,10,12H2,1H3,(H,21,24)(H,22,25)(H,23,26). The van der Waals surface area contributed by atoms with Crippen LogP contribution in [0.25, 0.3) is 0 Å². The van der Waals surface area contributed by atoms with Crippen LogP contribution in [-0.4, -0.2) is 30.4 Å². The molecule has 0 aromatic heterocycles. The molecule has 1 atom stereocenters. The Balaban J connectivity index is 1.68. The van der Waals surface area contributed by atoms with E-state index in [2.05, 4.69) is 32.1 Å². The molecule has 2 aromatic carbocycles. The third-order valence-electron chi connectivity index (χ3n) is 3.46. The van der Waals surface area contributed by atoms with Gasteiger partial charge in [-0.05, 0) is 30.7 Å². The van der Waals surface area contributed by atoms with Gasteiger partial charge in [0, 0.05) is 4.47 Å². The Labute approximate surface area is 165 Å². The summed E-state index contributed by atoms with van der Waals surface area (Å²) in [5, 5.41) is 2.49. The molecular formula is C19H20BrN3O4. The van der Waals surface area contributed by atoms with Crippen LogP contribution in [0, 0.1) is 0 Å². The van der Waals surface area contributed by atoms with Gasteiger partial charge in [0.2, 0.25) is 5.91 Å². The van der Waals surface area contributed by atoms with Gasteiger partial charge < -0.3 is 10.1 Å². The number of carbonyl (C=O) groups excluding carboxylic acids is 3. The Bertz CT molecular complexity index is 799. The van der Waals surface area contributed by atoms with Crippen molar-refractivity contribution in [1.82, 2.24) is 16.2 Å². The van der Waals surface area contributed by atoms with E-state index in [1.165, 1.54) is 0 Å². The fourth-order valence-corrected chi connectivity index (χ4v) is 2.48. The maximum Gasteiger partial charge on any atom is 0.279 e. The zero-order chi connectivity index (χ0) is 19.6. The number of carbonyl (C=O) groups is 3. The topological polar surface area (TPSA) is 96.5 Å². The minimum Gasteiger partial charge on any atom is -0.481 e. The SMILES string of the molecule is CC(Oc1cccc(Br)c1)C(=O)NNC(=O)CNC(=O)Cc1ccccc1. The maximum absolute atomic E-state index is 12.0. The number of hydrogen-bond donors (Lipinski definition) is 3. The average molecular weight is 434 g/mol. The number of rotatable bonds is 7. The Kier molecular flexibility index (Phi) is 7.81. The molecule has 0 saturated carbocycles. The molecule has 0 radical (unpaired) electrons. The largest absolute Gasteiger partial charge is 0.481 e. The van der Waals surface area contributed by atoms with Gasteiger partial charge in [-0.1, -0.05) is 52.3 Å². The number of halogens is 1. The predicted octanol–water partition coefficient (Wildman–Crippen LogP) is 1.72. The van der Waals surface area contributed by atoms with Crippen molar-refractivity contribution < 1.29 is 19.1 Å². The van der Waals surface area contributed by atoms with E-state index in [-0.39, 0.29) is 18.9 Å². The number of nitrogens with one attached hydrogen (secondary N) is 3. The Morgan fingerprint density at radius 1 is 1.00 bits per heavy atom. The highest BCUT2D eigenvalue weighted by atomic mass is 79.9. The highest BCUT2D eigenvalue weighted by Gasteiger charge is 2.15. The molecule has 27 heavy (non-hydrogen) atoms. The summed E-state index contributed by atoms with van der Waals surface area (Å²) < 4.78 is 6.32. The van der Waals surface area contributed by atoms with Crippen molar-refractivity contribution >= 4 is 33.7 Å². The number of benzene rings is 2. The van der Waals surface area contributed by atoms with Gasteiger partial charge in [0.15, 0.2) is 6.10 Å². The number of ether oxygens (including phenoxy) is 1. The van der Waals surface area contributed by atoms with E-state index in [0.29, 0.717) is 5.75 Å². The van der Waals surface area contributed by atoms with Crippen LogP contribution in [0.15, 0.2) is 59.1 Å². The van der Waals surface area contributed by atoms with Gasteiger partial charge in [0.25, 0.3) is 11.8 Å². The van der Waals surface area contributed by atoms with Crippen LogP contribution in [0.2, 0.25) is 0 Å². The van der Waals surface area contributed by atoms with Crippen LogP contribution in [0.3, 0.4) is 0 Å². The highest BCUT2D eigenvalue weighted by molar-refractivity contribution is 9.10. The first-order valence-corrected chi connectivity index (χ1v) is 9.05. The Morgan fingerprint density at radius 3 is 2.44 bits per heavy atom. The van der Waals surface area contributed by atoms with Crippen molar-refractivity contribution in [2.45, 2.75) is 19.4 Å². The van der Waals surface area contributed by atoms with Crippen LogP contribution in [0.4, 0.5) is 0 Å². The first-order valence-electron chi connectivity index (χ1n) is 8.25. The Morgan fingerprint density at radius 2 is 1.74 bits per heavy atom. The van der Waals surface area contributed by atoms with Crippen LogP contribution >= 0.6 is 15.9 Å². The Hall–Kier alpha value is -2.87. The summed E-state index contributed by atoms with van der Waals surface area (Å²) in [5.41, 5.74) is 5.35. The molecule has 142 valence electrons.